The Bertz CT molecular complexity index is 350. The van der Waals surface area contributed by atoms with Crippen LogP contribution in [0.5, 0.6) is 0 Å². The fourth-order valence-corrected chi connectivity index (χ4v) is 3.61. The lowest BCUT2D eigenvalue weighted by atomic mass is 9.78. The number of hydrogen-bond donors (Lipinski definition) is 2. The lowest BCUT2D eigenvalue weighted by molar-refractivity contribution is -0.129. The van der Waals surface area contributed by atoms with Gasteiger partial charge in [-0.2, -0.15) is 0 Å². The molecule has 2 fully saturated rings. The van der Waals surface area contributed by atoms with Gasteiger partial charge in [0, 0.05) is 19.1 Å². The summed E-state index contributed by atoms with van der Waals surface area (Å²) in [6, 6.07) is 0.313. The summed E-state index contributed by atoms with van der Waals surface area (Å²) in [4.78, 5) is 14.4. The van der Waals surface area contributed by atoms with Crippen LogP contribution in [0.2, 0.25) is 0 Å². The molecule has 1 heterocycles. The monoisotopic (exact) mass is 298 g/mol. The Hall–Kier alpha value is -0.650. The number of rotatable bonds is 4. The minimum atomic E-state index is -0.171. The molecule has 122 valence electrons. The van der Waals surface area contributed by atoms with E-state index in [-0.39, 0.29) is 24.7 Å². The molecule has 1 amide bonds. The van der Waals surface area contributed by atoms with E-state index in [1.807, 2.05) is 6.92 Å². The number of morpholine rings is 1. The van der Waals surface area contributed by atoms with Gasteiger partial charge in [0.05, 0.1) is 25.4 Å². The summed E-state index contributed by atoms with van der Waals surface area (Å²) < 4.78 is 5.60. The number of amides is 1. The van der Waals surface area contributed by atoms with E-state index in [4.69, 9.17) is 4.74 Å². The Morgan fingerprint density at radius 3 is 2.76 bits per heavy atom. The molecule has 5 nitrogen and oxygen atoms in total. The Balaban J connectivity index is 1.81. The topological polar surface area (TPSA) is 61.8 Å². The molecule has 2 aliphatic rings. The van der Waals surface area contributed by atoms with E-state index in [0.29, 0.717) is 31.0 Å². The molecule has 0 aromatic carbocycles. The summed E-state index contributed by atoms with van der Waals surface area (Å²) in [5.74, 6) is 1.34. The van der Waals surface area contributed by atoms with Gasteiger partial charge in [-0.25, -0.2) is 0 Å². The number of aliphatic hydroxyl groups excluding tert-OH is 1. The predicted octanol–water partition coefficient (Wildman–Crippen LogP) is 1.01. The number of ether oxygens (including phenoxy) is 1. The molecule has 0 aromatic rings. The van der Waals surface area contributed by atoms with Crippen molar-refractivity contribution in [2.45, 2.75) is 58.3 Å². The van der Waals surface area contributed by atoms with Gasteiger partial charge in [-0.05, 0) is 25.2 Å². The lowest BCUT2D eigenvalue weighted by Crippen LogP contribution is -2.53. The second-order valence-electron chi connectivity index (χ2n) is 6.89. The molecule has 5 unspecified atom stereocenters. The highest BCUT2D eigenvalue weighted by molar-refractivity contribution is 5.78. The van der Waals surface area contributed by atoms with E-state index in [2.05, 4.69) is 24.1 Å². The van der Waals surface area contributed by atoms with Crippen molar-refractivity contribution in [1.82, 2.24) is 10.2 Å². The van der Waals surface area contributed by atoms with Crippen molar-refractivity contribution < 1.29 is 14.6 Å². The average molecular weight is 298 g/mol. The normalized spacial score (nSPS) is 38.2. The zero-order valence-electron chi connectivity index (χ0n) is 13.5. The zero-order chi connectivity index (χ0) is 15.4. The highest BCUT2D eigenvalue weighted by Gasteiger charge is 2.30. The van der Waals surface area contributed by atoms with Crippen molar-refractivity contribution in [3.8, 4) is 0 Å². The first-order valence-electron chi connectivity index (χ1n) is 8.27. The highest BCUT2D eigenvalue weighted by atomic mass is 16.5. The third-order valence-electron chi connectivity index (χ3n) is 5.03. The molecule has 1 saturated carbocycles. The molecule has 0 radical (unpaired) electrons. The second-order valence-corrected chi connectivity index (χ2v) is 6.89. The quantitative estimate of drug-likeness (QED) is 0.813. The average Bonchev–Trinajstić information content (AvgIpc) is 2.43. The maximum atomic E-state index is 12.3. The summed E-state index contributed by atoms with van der Waals surface area (Å²) in [7, 11) is 0. The van der Waals surface area contributed by atoms with E-state index >= 15 is 0 Å². The Kier molecular flexibility index (Phi) is 6.02. The van der Waals surface area contributed by atoms with Crippen LogP contribution in [0.1, 0.15) is 40.0 Å². The predicted molar refractivity (Wildman–Crippen MR) is 82.0 cm³/mol. The minimum absolute atomic E-state index is 0.0135. The van der Waals surface area contributed by atoms with Crippen LogP contribution in [0, 0.1) is 11.8 Å². The largest absolute Gasteiger partial charge is 0.394 e. The van der Waals surface area contributed by atoms with Gasteiger partial charge >= 0.3 is 0 Å². The molecule has 0 bridgehead atoms. The maximum Gasteiger partial charge on any atom is 0.234 e. The van der Waals surface area contributed by atoms with Gasteiger partial charge < -0.3 is 15.2 Å². The number of nitrogens with zero attached hydrogens (tertiary/aromatic N) is 1. The second kappa shape index (κ2) is 7.56. The SMILES string of the molecule is CC1CN(CC(=O)NC2CCCC(C)C2C)CC(CO)O1. The van der Waals surface area contributed by atoms with Crippen LogP contribution in [-0.2, 0) is 9.53 Å². The third kappa shape index (κ3) is 4.66. The van der Waals surface area contributed by atoms with Crippen LogP contribution in [-0.4, -0.2) is 60.4 Å². The molecule has 0 aromatic heterocycles. The van der Waals surface area contributed by atoms with Crippen molar-refractivity contribution >= 4 is 5.91 Å². The number of carbonyl (C=O) groups excluding carboxylic acids is 1. The molecule has 21 heavy (non-hydrogen) atoms. The van der Waals surface area contributed by atoms with Crippen LogP contribution < -0.4 is 5.32 Å². The van der Waals surface area contributed by atoms with E-state index in [1.165, 1.54) is 12.8 Å². The third-order valence-corrected chi connectivity index (χ3v) is 5.03. The fraction of sp³-hybridized carbons (Fsp3) is 0.938. The Morgan fingerprint density at radius 1 is 1.29 bits per heavy atom. The molecule has 2 rings (SSSR count). The fourth-order valence-electron chi connectivity index (χ4n) is 3.61. The number of carbonyl (C=O) groups is 1. The van der Waals surface area contributed by atoms with Gasteiger partial charge in [0.2, 0.25) is 5.91 Å². The van der Waals surface area contributed by atoms with Crippen molar-refractivity contribution in [2.75, 3.05) is 26.2 Å². The van der Waals surface area contributed by atoms with Crippen LogP contribution in [0.15, 0.2) is 0 Å². The van der Waals surface area contributed by atoms with Gasteiger partial charge in [0.25, 0.3) is 0 Å². The van der Waals surface area contributed by atoms with Gasteiger partial charge in [-0.1, -0.05) is 26.7 Å². The maximum absolute atomic E-state index is 12.3. The molecule has 0 spiro atoms. The first kappa shape index (κ1) is 16.7. The standard InChI is InChI=1S/C16H30N2O3/c1-11-5-4-6-15(13(11)3)17-16(20)9-18-7-12(2)21-14(8-18)10-19/h11-15,19H,4-10H2,1-3H3,(H,17,20). The molecular weight excluding hydrogens is 268 g/mol. The summed E-state index contributed by atoms with van der Waals surface area (Å²) in [6.45, 7) is 8.30. The zero-order valence-corrected chi connectivity index (χ0v) is 13.5. The van der Waals surface area contributed by atoms with Crippen LogP contribution in [0.25, 0.3) is 0 Å². The van der Waals surface area contributed by atoms with Crippen LogP contribution in [0.4, 0.5) is 0 Å². The van der Waals surface area contributed by atoms with Gasteiger partial charge in [-0.3, -0.25) is 9.69 Å². The van der Waals surface area contributed by atoms with Crippen molar-refractivity contribution in [2.24, 2.45) is 11.8 Å². The summed E-state index contributed by atoms with van der Waals surface area (Å²) in [5, 5.41) is 12.4. The Labute approximate surface area is 128 Å². The molecule has 5 atom stereocenters. The first-order valence-corrected chi connectivity index (χ1v) is 8.27. The van der Waals surface area contributed by atoms with E-state index in [9.17, 15) is 9.90 Å². The van der Waals surface area contributed by atoms with Gasteiger partial charge in [-0.15, -0.1) is 0 Å². The van der Waals surface area contributed by atoms with Crippen LogP contribution >= 0.6 is 0 Å². The first-order chi connectivity index (χ1) is 9.99. The summed E-state index contributed by atoms with van der Waals surface area (Å²) in [6.07, 6.45) is 3.47. The number of hydrogen-bond acceptors (Lipinski definition) is 4. The van der Waals surface area contributed by atoms with E-state index in [0.717, 1.165) is 13.0 Å². The smallest absolute Gasteiger partial charge is 0.234 e. The number of nitrogens with one attached hydrogen (secondary N) is 1. The Morgan fingerprint density at radius 2 is 2.05 bits per heavy atom. The summed E-state index contributed by atoms with van der Waals surface area (Å²) in [5.41, 5.74) is 0. The van der Waals surface area contributed by atoms with Crippen LogP contribution in [0.3, 0.4) is 0 Å². The van der Waals surface area contributed by atoms with Crippen molar-refractivity contribution in [3.63, 3.8) is 0 Å². The minimum Gasteiger partial charge on any atom is -0.394 e. The lowest BCUT2D eigenvalue weighted by Gasteiger charge is -2.37. The van der Waals surface area contributed by atoms with Gasteiger partial charge in [0.1, 0.15) is 0 Å². The molecule has 2 N–H and O–H groups in total. The molecule has 5 heteroatoms. The molecule has 1 saturated heterocycles. The van der Waals surface area contributed by atoms with Gasteiger partial charge in [0.15, 0.2) is 0 Å². The number of aliphatic hydroxyl groups is 1. The van der Waals surface area contributed by atoms with E-state index < -0.39 is 0 Å². The van der Waals surface area contributed by atoms with E-state index in [1.54, 1.807) is 0 Å². The molecule has 1 aliphatic heterocycles. The molecule has 1 aliphatic carbocycles. The van der Waals surface area contributed by atoms with Crippen molar-refractivity contribution in [3.05, 3.63) is 0 Å². The van der Waals surface area contributed by atoms with Crippen molar-refractivity contribution in [1.29, 1.82) is 0 Å². The summed E-state index contributed by atoms with van der Waals surface area (Å²) >= 11 is 0. The molecular formula is C16H30N2O3. The highest BCUT2D eigenvalue weighted by Crippen LogP contribution is 2.29.